The van der Waals surface area contributed by atoms with Crippen LogP contribution in [0, 0.1) is 0 Å². The summed E-state index contributed by atoms with van der Waals surface area (Å²) >= 11 is 0. The van der Waals surface area contributed by atoms with Crippen LogP contribution in [0.2, 0.25) is 6.04 Å². The molecule has 0 fully saturated rings. The van der Waals surface area contributed by atoms with Gasteiger partial charge in [-0.25, -0.2) is 0 Å². The SMILES string of the molecule is CCO[SiH](CC(C)P(=O)(OC(C)C)OC(C)C)OCC. The maximum Gasteiger partial charge on any atom is 0.333 e. The molecule has 5 nitrogen and oxygen atoms in total. The van der Waals surface area contributed by atoms with Crippen LogP contribution < -0.4 is 0 Å². The largest absolute Gasteiger partial charge is 0.397 e. The summed E-state index contributed by atoms with van der Waals surface area (Å²) in [6, 6.07) is 0.623. The molecule has 0 radical (unpaired) electrons. The standard InChI is InChI=1S/C13H31O5PSi/c1-8-15-20(16-9-2)10-13(7)19(14,17-11(3)4)18-12(5)6/h11-13,20H,8-10H2,1-7H3. The topological polar surface area (TPSA) is 54.0 Å². The van der Waals surface area contributed by atoms with Crippen molar-refractivity contribution in [1.82, 2.24) is 0 Å². The van der Waals surface area contributed by atoms with E-state index in [-0.39, 0.29) is 17.9 Å². The van der Waals surface area contributed by atoms with Gasteiger partial charge in [0.2, 0.25) is 0 Å². The molecule has 0 aromatic rings. The van der Waals surface area contributed by atoms with E-state index >= 15 is 0 Å². The number of hydrogen-bond donors (Lipinski definition) is 0. The summed E-state index contributed by atoms with van der Waals surface area (Å²) in [6.07, 6.45) is -0.275. The number of rotatable bonds is 11. The van der Waals surface area contributed by atoms with Crippen molar-refractivity contribution in [3.8, 4) is 0 Å². The Balaban J connectivity index is 4.83. The van der Waals surface area contributed by atoms with Gasteiger partial charge in [-0.05, 0) is 41.5 Å². The first-order chi connectivity index (χ1) is 9.25. The summed E-state index contributed by atoms with van der Waals surface area (Å²) in [4.78, 5) is 0. The maximum atomic E-state index is 12.9. The van der Waals surface area contributed by atoms with E-state index < -0.39 is 16.9 Å². The van der Waals surface area contributed by atoms with Gasteiger partial charge in [-0.1, -0.05) is 6.92 Å². The molecule has 1 unspecified atom stereocenters. The van der Waals surface area contributed by atoms with Gasteiger partial charge in [-0.3, -0.25) is 4.57 Å². The Hall–Kier alpha value is 0.287. The Morgan fingerprint density at radius 2 is 1.30 bits per heavy atom. The molecule has 0 aliphatic rings. The van der Waals surface area contributed by atoms with Crippen LogP contribution in [-0.2, 0) is 22.5 Å². The Kier molecular flexibility index (Phi) is 10.2. The summed E-state index contributed by atoms with van der Waals surface area (Å²) in [5, 5.41) is 0. The highest BCUT2D eigenvalue weighted by Gasteiger charge is 2.37. The van der Waals surface area contributed by atoms with Gasteiger partial charge in [0.1, 0.15) is 0 Å². The lowest BCUT2D eigenvalue weighted by Crippen LogP contribution is -2.28. The first kappa shape index (κ1) is 20.3. The second kappa shape index (κ2) is 10.1. The third-order valence-corrected chi connectivity index (χ3v) is 8.11. The van der Waals surface area contributed by atoms with Crippen molar-refractivity contribution in [3.63, 3.8) is 0 Å². The lowest BCUT2D eigenvalue weighted by Gasteiger charge is -2.29. The van der Waals surface area contributed by atoms with E-state index in [9.17, 15) is 4.57 Å². The van der Waals surface area contributed by atoms with Crippen LogP contribution in [0.5, 0.6) is 0 Å². The molecule has 0 heterocycles. The average Bonchev–Trinajstić information content (AvgIpc) is 2.27. The Morgan fingerprint density at radius 3 is 1.60 bits per heavy atom. The molecule has 0 spiro atoms. The fraction of sp³-hybridized carbons (Fsp3) is 1.00. The van der Waals surface area contributed by atoms with Gasteiger partial charge >= 0.3 is 16.9 Å². The third-order valence-electron chi connectivity index (χ3n) is 2.49. The van der Waals surface area contributed by atoms with Crippen LogP contribution in [0.25, 0.3) is 0 Å². The van der Waals surface area contributed by atoms with Crippen molar-refractivity contribution in [2.45, 2.75) is 72.4 Å². The first-order valence-corrected chi connectivity index (χ1v) is 10.8. The van der Waals surface area contributed by atoms with Crippen LogP contribution >= 0.6 is 7.60 Å². The minimum atomic E-state index is -3.15. The Labute approximate surface area is 125 Å². The summed E-state index contributed by atoms with van der Waals surface area (Å²) in [7, 11) is -4.96. The molecule has 122 valence electrons. The summed E-state index contributed by atoms with van der Waals surface area (Å²) in [6.45, 7) is 14.5. The van der Waals surface area contributed by atoms with E-state index in [1.807, 2.05) is 48.5 Å². The molecule has 0 rings (SSSR count). The van der Waals surface area contributed by atoms with Gasteiger partial charge < -0.3 is 17.9 Å². The van der Waals surface area contributed by atoms with Crippen LogP contribution in [0.1, 0.15) is 48.5 Å². The smallest absolute Gasteiger partial charge is 0.333 e. The molecule has 20 heavy (non-hydrogen) atoms. The van der Waals surface area contributed by atoms with Crippen molar-refractivity contribution in [2.24, 2.45) is 0 Å². The summed E-state index contributed by atoms with van der Waals surface area (Å²) < 4.78 is 35.5. The van der Waals surface area contributed by atoms with Gasteiger partial charge in [-0.2, -0.15) is 0 Å². The first-order valence-electron chi connectivity index (χ1n) is 7.44. The normalized spacial score (nSPS) is 14.5. The predicted octanol–water partition coefficient (Wildman–Crippen LogP) is 3.71. The Morgan fingerprint density at radius 1 is 0.900 bits per heavy atom. The lowest BCUT2D eigenvalue weighted by atomic mass is 10.5. The molecule has 0 saturated carbocycles. The highest BCUT2D eigenvalue weighted by atomic mass is 31.2. The lowest BCUT2D eigenvalue weighted by molar-refractivity contribution is 0.136. The van der Waals surface area contributed by atoms with Crippen LogP contribution in [0.4, 0.5) is 0 Å². The zero-order valence-electron chi connectivity index (χ0n) is 13.9. The summed E-state index contributed by atoms with van der Waals surface area (Å²) in [5.74, 6) is 0. The molecule has 0 aromatic heterocycles. The molecule has 7 heteroatoms. The second-order valence-electron chi connectivity index (χ2n) is 5.27. The molecular formula is C13H31O5PSi. The fourth-order valence-electron chi connectivity index (χ4n) is 1.78. The molecule has 0 aliphatic heterocycles. The van der Waals surface area contributed by atoms with Gasteiger partial charge in [0, 0.05) is 19.3 Å². The molecule has 0 amide bonds. The average molecular weight is 326 g/mol. The van der Waals surface area contributed by atoms with E-state index in [1.165, 1.54) is 0 Å². The molecule has 0 bridgehead atoms. The molecular weight excluding hydrogens is 295 g/mol. The monoisotopic (exact) mass is 326 g/mol. The highest BCUT2D eigenvalue weighted by molar-refractivity contribution is 7.54. The quantitative estimate of drug-likeness (QED) is 0.428. The minimum Gasteiger partial charge on any atom is -0.397 e. The van der Waals surface area contributed by atoms with Gasteiger partial charge in [0.25, 0.3) is 0 Å². The molecule has 0 N–H and O–H groups in total. The van der Waals surface area contributed by atoms with Crippen molar-refractivity contribution in [2.75, 3.05) is 13.2 Å². The Bertz CT molecular complexity index is 278. The van der Waals surface area contributed by atoms with E-state index in [0.717, 1.165) is 0 Å². The van der Waals surface area contributed by atoms with Crippen LogP contribution in [0.3, 0.4) is 0 Å². The van der Waals surface area contributed by atoms with Crippen molar-refractivity contribution >= 4 is 16.9 Å². The highest BCUT2D eigenvalue weighted by Crippen LogP contribution is 2.56. The molecule has 0 aromatic carbocycles. The van der Waals surface area contributed by atoms with E-state index in [1.54, 1.807) is 0 Å². The zero-order valence-corrected chi connectivity index (χ0v) is 16.0. The van der Waals surface area contributed by atoms with E-state index in [2.05, 4.69) is 0 Å². The van der Waals surface area contributed by atoms with Crippen LogP contribution in [0.15, 0.2) is 0 Å². The third kappa shape index (κ3) is 7.91. The predicted molar refractivity (Wildman–Crippen MR) is 84.7 cm³/mol. The minimum absolute atomic E-state index is 0.138. The fourth-order valence-corrected chi connectivity index (χ4v) is 6.64. The summed E-state index contributed by atoms with van der Waals surface area (Å²) in [5.41, 5.74) is -0.220. The van der Waals surface area contributed by atoms with Gasteiger partial charge in [-0.15, -0.1) is 0 Å². The van der Waals surface area contributed by atoms with Crippen molar-refractivity contribution < 1.29 is 22.5 Å². The maximum absolute atomic E-state index is 12.9. The van der Waals surface area contributed by atoms with Gasteiger partial charge in [0.05, 0.1) is 17.9 Å². The molecule has 0 saturated heterocycles. The second-order valence-corrected chi connectivity index (χ2v) is 9.65. The number of hydrogen-bond acceptors (Lipinski definition) is 5. The van der Waals surface area contributed by atoms with E-state index in [0.29, 0.717) is 19.3 Å². The van der Waals surface area contributed by atoms with Gasteiger partial charge in [0.15, 0.2) is 0 Å². The molecule has 1 atom stereocenters. The van der Waals surface area contributed by atoms with Crippen LogP contribution in [-0.4, -0.2) is 40.4 Å². The molecule has 0 aliphatic carbocycles. The van der Waals surface area contributed by atoms with Crippen molar-refractivity contribution in [1.29, 1.82) is 0 Å². The zero-order chi connectivity index (χ0) is 15.8. The van der Waals surface area contributed by atoms with E-state index in [4.69, 9.17) is 17.9 Å². The van der Waals surface area contributed by atoms with Crippen molar-refractivity contribution in [3.05, 3.63) is 0 Å².